The number of piperidine rings is 1. The average Bonchev–Trinajstić information content (AvgIpc) is 2.48. The molecule has 3 aliphatic rings. The van der Waals surface area contributed by atoms with Crippen molar-refractivity contribution in [2.75, 3.05) is 19.8 Å². The second-order valence-corrected chi connectivity index (χ2v) is 6.70. The van der Waals surface area contributed by atoms with E-state index in [9.17, 15) is 4.79 Å². The quantitative estimate of drug-likeness (QED) is 0.729. The molecule has 0 bridgehead atoms. The largest absolute Gasteiger partial charge is 0.381 e. The molecule has 1 saturated carbocycles. The lowest BCUT2D eigenvalue weighted by Gasteiger charge is -2.48. The van der Waals surface area contributed by atoms with Crippen LogP contribution in [0.4, 0.5) is 0 Å². The van der Waals surface area contributed by atoms with E-state index in [-0.39, 0.29) is 5.92 Å². The molecule has 19 heavy (non-hydrogen) atoms. The molecule has 0 radical (unpaired) electrons. The van der Waals surface area contributed by atoms with Gasteiger partial charge in [-0.15, -0.1) is 0 Å². The van der Waals surface area contributed by atoms with Crippen LogP contribution in [0.15, 0.2) is 0 Å². The maximum absolute atomic E-state index is 12.8. The number of likely N-dealkylation sites (tertiary alicyclic amines) is 1. The molecule has 2 saturated heterocycles. The highest BCUT2D eigenvalue weighted by Crippen LogP contribution is 2.39. The van der Waals surface area contributed by atoms with Gasteiger partial charge in [-0.1, -0.05) is 19.8 Å². The Morgan fingerprint density at radius 2 is 1.79 bits per heavy atom. The first-order chi connectivity index (χ1) is 9.27. The number of fused-ring (bicyclic) bond motifs is 1. The van der Waals surface area contributed by atoms with E-state index in [1.54, 1.807) is 0 Å². The number of amides is 1. The monoisotopic (exact) mass is 265 g/mol. The Bertz CT molecular complexity index is 325. The van der Waals surface area contributed by atoms with Gasteiger partial charge in [0.2, 0.25) is 5.91 Å². The zero-order valence-electron chi connectivity index (χ0n) is 12.1. The smallest absolute Gasteiger partial charge is 0.226 e. The standard InChI is InChI=1S/C16H27NO2/c1-12-6-9-17(15-5-3-2-4-14(12)15)16(18)13-7-10-19-11-8-13/h12-15H,2-11H2,1H3. The first-order valence-corrected chi connectivity index (χ1v) is 8.15. The second kappa shape index (κ2) is 5.82. The number of nitrogens with zero attached hydrogens (tertiary/aromatic N) is 1. The van der Waals surface area contributed by atoms with Gasteiger partial charge < -0.3 is 9.64 Å². The molecule has 3 nitrogen and oxygen atoms in total. The summed E-state index contributed by atoms with van der Waals surface area (Å²) in [5.41, 5.74) is 0. The number of hydrogen-bond acceptors (Lipinski definition) is 2. The lowest BCUT2D eigenvalue weighted by Crippen LogP contribution is -2.54. The van der Waals surface area contributed by atoms with Gasteiger partial charge >= 0.3 is 0 Å². The van der Waals surface area contributed by atoms with Crippen LogP contribution in [0.1, 0.15) is 51.9 Å². The summed E-state index contributed by atoms with van der Waals surface area (Å²) in [7, 11) is 0. The van der Waals surface area contributed by atoms with Crippen molar-refractivity contribution in [1.29, 1.82) is 0 Å². The molecule has 2 aliphatic heterocycles. The number of carbonyl (C=O) groups excluding carboxylic acids is 1. The zero-order chi connectivity index (χ0) is 13.2. The molecule has 3 rings (SSSR count). The molecule has 0 N–H and O–H groups in total. The minimum atomic E-state index is 0.240. The fourth-order valence-corrected chi connectivity index (χ4v) is 4.37. The molecule has 1 amide bonds. The van der Waals surface area contributed by atoms with Crippen molar-refractivity contribution < 1.29 is 9.53 Å². The van der Waals surface area contributed by atoms with Crippen LogP contribution in [-0.4, -0.2) is 36.6 Å². The summed E-state index contributed by atoms with van der Waals surface area (Å²) in [6.07, 6.45) is 8.32. The van der Waals surface area contributed by atoms with E-state index in [1.807, 2.05) is 0 Å². The Kier molecular flexibility index (Phi) is 4.11. The Hall–Kier alpha value is -0.570. The second-order valence-electron chi connectivity index (χ2n) is 6.70. The van der Waals surface area contributed by atoms with Crippen molar-refractivity contribution in [3.05, 3.63) is 0 Å². The third-order valence-corrected chi connectivity index (χ3v) is 5.59. The van der Waals surface area contributed by atoms with Gasteiger partial charge in [0.25, 0.3) is 0 Å². The molecule has 1 aliphatic carbocycles. The molecule has 0 aromatic heterocycles. The van der Waals surface area contributed by atoms with Crippen molar-refractivity contribution in [2.24, 2.45) is 17.8 Å². The van der Waals surface area contributed by atoms with Gasteiger partial charge in [0.1, 0.15) is 0 Å². The Labute approximate surface area is 116 Å². The van der Waals surface area contributed by atoms with Crippen molar-refractivity contribution in [3.8, 4) is 0 Å². The highest BCUT2D eigenvalue weighted by Gasteiger charge is 2.41. The number of hydrogen-bond donors (Lipinski definition) is 0. The predicted octanol–water partition coefficient (Wildman–Crippen LogP) is 2.84. The van der Waals surface area contributed by atoms with Crippen LogP contribution in [0.2, 0.25) is 0 Å². The van der Waals surface area contributed by atoms with Crippen molar-refractivity contribution in [2.45, 2.75) is 57.9 Å². The fraction of sp³-hybridized carbons (Fsp3) is 0.938. The number of rotatable bonds is 1. The molecular formula is C16H27NO2. The number of carbonyl (C=O) groups is 1. The van der Waals surface area contributed by atoms with Crippen LogP contribution in [0.3, 0.4) is 0 Å². The highest BCUT2D eigenvalue weighted by atomic mass is 16.5. The van der Waals surface area contributed by atoms with Crippen molar-refractivity contribution >= 4 is 5.91 Å². The van der Waals surface area contributed by atoms with Gasteiger partial charge in [-0.3, -0.25) is 4.79 Å². The third-order valence-electron chi connectivity index (χ3n) is 5.59. The van der Waals surface area contributed by atoms with Crippen LogP contribution < -0.4 is 0 Å². The average molecular weight is 265 g/mol. The van der Waals surface area contributed by atoms with Crippen LogP contribution in [0.5, 0.6) is 0 Å². The lowest BCUT2D eigenvalue weighted by atomic mass is 9.72. The van der Waals surface area contributed by atoms with E-state index in [2.05, 4.69) is 11.8 Å². The zero-order valence-corrected chi connectivity index (χ0v) is 12.1. The SMILES string of the molecule is CC1CCN(C(=O)C2CCOCC2)C2CCCCC12. The predicted molar refractivity (Wildman–Crippen MR) is 74.8 cm³/mol. The number of ether oxygens (including phenoxy) is 1. The van der Waals surface area contributed by atoms with Gasteiger partial charge in [0.05, 0.1) is 0 Å². The molecule has 108 valence electrons. The molecule has 0 spiro atoms. The van der Waals surface area contributed by atoms with E-state index >= 15 is 0 Å². The van der Waals surface area contributed by atoms with Crippen LogP contribution >= 0.6 is 0 Å². The minimum absolute atomic E-state index is 0.240. The topological polar surface area (TPSA) is 29.5 Å². The Morgan fingerprint density at radius 3 is 2.58 bits per heavy atom. The first kappa shape index (κ1) is 13.4. The summed E-state index contributed by atoms with van der Waals surface area (Å²) in [6, 6.07) is 0.549. The maximum atomic E-state index is 12.8. The van der Waals surface area contributed by atoms with Crippen LogP contribution in [0, 0.1) is 17.8 Å². The summed E-state index contributed by atoms with van der Waals surface area (Å²) in [5, 5.41) is 0. The molecule has 2 heterocycles. The minimum Gasteiger partial charge on any atom is -0.381 e. The summed E-state index contributed by atoms with van der Waals surface area (Å²) >= 11 is 0. The van der Waals surface area contributed by atoms with E-state index in [4.69, 9.17) is 4.74 Å². The van der Waals surface area contributed by atoms with E-state index < -0.39 is 0 Å². The summed E-state index contributed by atoms with van der Waals surface area (Å²) in [4.78, 5) is 15.0. The third kappa shape index (κ3) is 2.67. The van der Waals surface area contributed by atoms with Crippen LogP contribution in [0.25, 0.3) is 0 Å². The molecule has 3 heteroatoms. The molecular weight excluding hydrogens is 238 g/mol. The normalized spacial score (nSPS) is 36.9. The van der Waals surface area contributed by atoms with E-state index in [0.29, 0.717) is 11.9 Å². The Morgan fingerprint density at radius 1 is 1.05 bits per heavy atom. The molecule has 0 aromatic rings. The van der Waals surface area contributed by atoms with Crippen molar-refractivity contribution in [3.63, 3.8) is 0 Å². The van der Waals surface area contributed by atoms with Crippen LogP contribution in [-0.2, 0) is 9.53 Å². The summed E-state index contributed by atoms with van der Waals surface area (Å²) in [6.45, 7) is 4.93. The van der Waals surface area contributed by atoms with E-state index in [0.717, 1.165) is 44.4 Å². The van der Waals surface area contributed by atoms with Gasteiger partial charge in [-0.05, 0) is 43.9 Å². The Balaban J connectivity index is 1.70. The first-order valence-electron chi connectivity index (χ1n) is 8.15. The molecule has 3 unspecified atom stereocenters. The van der Waals surface area contributed by atoms with Gasteiger partial charge in [0.15, 0.2) is 0 Å². The molecule has 3 fully saturated rings. The van der Waals surface area contributed by atoms with Gasteiger partial charge in [-0.25, -0.2) is 0 Å². The van der Waals surface area contributed by atoms with E-state index in [1.165, 1.54) is 32.1 Å². The molecule has 0 aromatic carbocycles. The van der Waals surface area contributed by atoms with Gasteiger partial charge in [-0.2, -0.15) is 0 Å². The summed E-state index contributed by atoms with van der Waals surface area (Å²) in [5.74, 6) is 2.26. The lowest BCUT2D eigenvalue weighted by molar-refractivity contribution is -0.146. The summed E-state index contributed by atoms with van der Waals surface area (Å²) < 4.78 is 5.39. The fourth-order valence-electron chi connectivity index (χ4n) is 4.37. The van der Waals surface area contributed by atoms with Crippen molar-refractivity contribution in [1.82, 2.24) is 4.90 Å². The maximum Gasteiger partial charge on any atom is 0.226 e. The molecule has 3 atom stereocenters. The van der Waals surface area contributed by atoms with Gasteiger partial charge in [0, 0.05) is 31.7 Å². The highest BCUT2D eigenvalue weighted by molar-refractivity contribution is 5.79.